The predicted octanol–water partition coefficient (Wildman–Crippen LogP) is 3.99. The van der Waals surface area contributed by atoms with Crippen LogP contribution in [0.3, 0.4) is 0 Å². The minimum Gasteiger partial charge on any atom is -0.506 e. The van der Waals surface area contributed by atoms with Gasteiger partial charge in [-0.15, -0.1) is 0 Å². The predicted molar refractivity (Wildman–Crippen MR) is 114 cm³/mol. The number of alkyl halides is 3. The summed E-state index contributed by atoms with van der Waals surface area (Å²) in [6.45, 7) is 3.63. The molecule has 0 bridgehead atoms. The van der Waals surface area contributed by atoms with Gasteiger partial charge in [0.25, 0.3) is 11.2 Å². The Hall–Kier alpha value is -2.47. The van der Waals surface area contributed by atoms with Crippen molar-refractivity contribution in [1.29, 1.82) is 0 Å². The van der Waals surface area contributed by atoms with Gasteiger partial charge in [-0.25, -0.2) is 0 Å². The lowest BCUT2D eigenvalue weighted by molar-refractivity contribution is -0.383. The van der Waals surface area contributed by atoms with Crippen molar-refractivity contribution >= 4 is 32.2 Å². The van der Waals surface area contributed by atoms with E-state index in [2.05, 4.69) is 9.88 Å². The maximum atomic E-state index is 13.2. The minimum absolute atomic E-state index is 0.210. The van der Waals surface area contributed by atoms with Crippen molar-refractivity contribution in [2.45, 2.75) is 38.3 Å². The number of hydrogen-bond acceptors (Lipinski definition) is 8. The van der Waals surface area contributed by atoms with Gasteiger partial charge in [0, 0.05) is 38.8 Å². The summed E-state index contributed by atoms with van der Waals surface area (Å²) in [6.07, 6.45) is 1.25. The summed E-state index contributed by atoms with van der Waals surface area (Å²) < 4.78 is 39.3. The maximum Gasteiger partial charge on any atom is 0.420 e. The molecule has 1 N–H and O–H groups in total. The first-order chi connectivity index (χ1) is 15.1. The third-order valence-electron chi connectivity index (χ3n) is 6.22. The Kier molecular flexibility index (Phi) is 6.26. The van der Waals surface area contributed by atoms with Gasteiger partial charge in [-0.2, -0.15) is 18.2 Å². The second kappa shape index (κ2) is 8.81. The number of nitrogens with zero attached hydrogens (tertiary/aromatic N) is 4. The lowest BCUT2D eigenvalue weighted by Gasteiger charge is -2.37. The van der Waals surface area contributed by atoms with Crippen LogP contribution in [0.5, 0.6) is 5.75 Å². The van der Waals surface area contributed by atoms with Crippen LogP contribution >= 0.6 is 11.3 Å². The van der Waals surface area contributed by atoms with Crippen LogP contribution in [0, 0.1) is 16.0 Å². The molecule has 2 aliphatic rings. The Bertz CT molecular complexity index is 1080. The summed E-state index contributed by atoms with van der Waals surface area (Å²) in [7, 11) is 0. The summed E-state index contributed by atoms with van der Waals surface area (Å²) in [5.41, 5.74) is -3.59. The van der Waals surface area contributed by atoms with Crippen molar-refractivity contribution in [3.63, 3.8) is 0 Å². The minimum atomic E-state index is -5.05. The quantitative estimate of drug-likeness (QED) is 0.531. The van der Waals surface area contributed by atoms with Crippen molar-refractivity contribution in [3.05, 3.63) is 32.1 Å². The molecule has 2 aromatic rings. The van der Waals surface area contributed by atoms with Gasteiger partial charge < -0.3 is 10.0 Å². The van der Waals surface area contributed by atoms with E-state index < -0.39 is 39.0 Å². The summed E-state index contributed by atoms with van der Waals surface area (Å²) in [4.78, 5) is 31.1. The van der Waals surface area contributed by atoms with Gasteiger partial charge in [-0.3, -0.25) is 19.8 Å². The van der Waals surface area contributed by atoms with Crippen molar-refractivity contribution in [3.8, 4) is 5.75 Å². The highest BCUT2D eigenvalue weighted by Gasteiger charge is 2.38. The second-order valence-electron chi connectivity index (χ2n) is 8.34. The van der Waals surface area contributed by atoms with Crippen LogP contribution in [-0.2, 0) is 6.18 Å². The van der Waals surface area contributed by atoms with E-state index >= 15 is 0 Å². The molecule has 1 saturated carbocycles. The molecule has 1 aromatic heterocycles. The number of fused-ring (bicyclic) bond motifs is 1. The molecule has 1 aliphatic carbocycles. The number of phenolic OH excluding ortho intramolecular Hbond substituents is 1. The Labute approximate surface area is 185 Å². The average molecular weight is 472 g/mol. The van der Waals surface area contributed by atoms with Gasteiger partial charge >= 0.3 is 6.18 Å². The number of anilines is 1. The van der Waals surface area contributed by atoms with Gasteiger partial charge in [0.2, 0.25) is 0 Å². The lowest BCUT2D eigenvalue weighted by Crippen LogP contribution is -2.48. The zero-order valence-corrected chi connectivity index (χ0v) is 18.0. The SMILES string of the molecule is O=c1nc(N2CCN(CC3CCCCC3)CC2)sc2c([N+](=O)[O-])cc(C(F)(F)F)c(O)c12. The van der Waals surface area contributed by atoms with Gasteiger partial charge in [-0.1, -0.05) is 30.6 Å². The fourth-order valence-corrected chi connectivity index (χ4v) is 5.69. The number of rotatable bonds is 4. The third-order valence-corrected chi connectivity index (χ3v) is 7.37. The van der Waals surface area contributed by atoms with Gasteiger partial charge in [-0.05, 0) is 18.8 Å². The number of benzene rings is 1. The van der Waals surface area contributed by atoms with E-state index in [-0.39, 0.29) is 15.9 Å². The van der Waals surface area contributed by atoms with Crippen LogP contribution < -0.4 is 10.5 Å². The number of hydrogen-bond donors (Lipinski definition) is 1. The summed E-state index contributed by atoms with van der Waals surface area (Å²) in [5.74, 6) is -0.630. The molecule has 0 spiro atoms. The van der Waals surface area contributed by atoms with E-state index in [1.807, 2.05) is 4.90 Å². The molecule has 4 rings (SSSR count). The Morgan fingerprint density at radius 1 is 1.19 bits per heavy atom. The van der Waals surface area contributed by atoms with Crippen molar-refractivity contribution < 1.29 is 23.2 Å². The molecule has 32 heavy (non-hydrogen) atoms. The molecular weight excluding hydrogens is 449 g/mol. The molecule has 0 amide bonds. The first-order valence-corrected chi connectivity index (χ1v) is 11.4. The maximum absolute atomic E-state index is 13.2. The molecule has 1 aliphatic heterocycles. The topological polar surface area (TPSA) is 99.8 Å². The molecule has 12 heteroatoms. The van der Waals surface area contributed by atoms with Crippen molar-refractivity contribution in [2.24, 2.45) is 5.92 Å². The summed E-state index contributed by atoms with van der Waals surface area (Å²) >= 11 is 0.760. The zero-order valence-electron chi connectivity index (χ0n) is 17.2. The number of halogens is 3. The number of aromatic hydroxyl groups is 1. The Morgan fingerprint density at radius 3 is 2.44 bits per heavy atom. The van der Waals surface area contributed by atoms with E-state index in [1.54, 1.807) is 0 Å². The van der Waals surface area contributed by atoms with E-state index in [0.29, 0.717) is 19.0 Å². The number of non-ortho nitro benzene ring substituents is 1. The van der Waals surface area contributed by atoms with Crippen LogP contribution in [-0.4, -0.2) is 52.6 Å². The molecule has 0 atom stereocenters. The van der Waals surface area contributed by atoms with Gasteiger partial charge in [0.15, 0.2) is 5.13 Å². The smallest absolute Gasteiger partial charge is 0.420 e. The normalized spacial score (nSPS) is 18.9. The fraction of sp³-hybridized carbons (Fsp3) is 0.600. The van der Waals surface area contributed by atoms with E-state index in [4.69, 9.17) is 0 Å². The Morgan fingerprint density at radius 2 is 1.84 bits per heavy atom. The lowest BCUT2D eigenvalue weighted by atomic mass is 9.89. The van der Waals surface area contributed by atoms with Crippen molar-refractivity contribution in [2.75, 3.05) is 37.6 Å². The number of aromatic nitrogens is 1. The molecular formula is C20H23F3N4O4S. The number of piperazine rings is 1. The molecule has 2 heterocycles. The average Bonchev–Trinajstić information content (AvgIpc) is 2.73. The second-order valence-corrected chi connectivity index (χ2v) is 9.32. The summed E-state index contributed by atoms with van der Waals surface area (Å²) in [5, 5.41) is 21.0. The van der Waals surface area contributed by atoms with Crippen molar-refractivity contribution in [1.82, 2.24) is 9.88 Å². The van der Waals surface area contributed by atoms with Crippen LogP contribution in [0.25, 0.3) is 10.1 Å². The molecule has 1 saturated heterocycles. The fourth-order valence-electron chi connectivity index (χ4n) is 4.54. The molecule has 0 radical (unpaired) electrons. The van der Waals surface area contributed by atoms with Crippen LogP contribution in [0.4, 0.5) is 24.0 Å². The summed E-state index contributed by atoms with van der Waals surface area (Å²) in [6, 6.07) is 0.277. The number of nitro benzene ring substituents is 1. The number of nitro groups is 1. The highest BCUT2D eigenvalue weighted by molar-refractivity contribution is 7.22. The van der Waals surface area contributed by atoms with Gasteiger partial charge in [0.1, 0.15) is 21.4 Å². The van der Waals surface area contributed by atoms with Gasteiger partial charge in [0.05, 0.1) is 4.92 Å². The molecule has 8 nitrogen and oxygen atoms in total. The van der Waals surface area contributed by atoms with E-state index in [1.165, 1.54) is 32.1 Å². The van der Waals surface area contributed by atoms with Crippen LogP contribution in [0.15, 0.2) is 10.9 Å². The highest BCUT2D eigenvalue weighted by Crippen LogP contribution is 2.44. The van der Waals surface area contributed by atoms with E-state index in [0.717, 1.165) is 31.0 Å². The first kappa shape index (κ1) is 22.7. The molecule has 174 valence electrons. The number of phenols is 1. The van der Waals surface area contributed by atoms with Crippen LogP contribution in [0.1, 0.15) is 37.7 Å². The van der Waals surface area contributed by atoms with Crippen LogP contribution in [0.2, 0.25) is 0 Å². The third kappa shape index (κ3) is 4.51. The molecule has 2 fully saturated rings. The molecule has 0 unspecified atom stereocenters. The first-order valence-electron chi connectivity index (χ1n) is 10.5. The largest absolute Gasteiger partial charge is 0.506 e. The highest BCUT2D eigenvalue weighted by atomic mass is 32.1. The monoisotopic (exact) mass is 472 g/mol. The zero-order chi connectivity index (χ0) is 23.0. The Balaban J connectivity index is 1.61. The van der Waals surface area contributed by atoms with E-state index in [9.17, 15) is 33.2 Å². The standard InChI is InChI=1S/C20H23F3N4O4S/c21-20(22,23)13-10-14(27(30)31)17-15(16(13)28)18(29)24-19(32-17)26-8-6-25(7-9-26)11-12-4-2-1-3-5-12/h10,12,28H,1-9,11H2. The molecule has 1 aromatic carbocycles.